The van der Waals surface area contributed by atoms with E-state index >= 15 is 0 Å². The maximum atomic E-state index is 12.7. The molecule has 0 unspecified atom stereocenters. The molecule has 0 amide bonds. The molecule has 1 aliphatic heterocycles. The third kappa shape index (κ3) is 2.25. The molecule has 0 spiro atoms. The number of fused-ring (bicyclic) bond motifs is 1. The first-order valence-corrected chi connectivity index (χ1v) is 7.25. The van der Waals surface area contributed by atoms with Crippen LogP contribution >= 0.6 is 0 Å². The van der Waals surface area contributed by atoms with Gasteiger partial charge in [0.1, 0.15) is 23.1 Å². The van der Waals surface area contributed by atoms with E-state index in [-0.39, 0.29) is 22.8 Å². The highest BCUT2D eigenvalue weighted by molar-refractivity contribution is 6.20. The second kappa shape index (κ2) is 4.83. The lowest BCUT2D eigenvalue weighted by atomic mass is 9.98. The summed E-state index contributed by atoms with van der Waals surface area (Å²) in [5.74, 6) is 0.732. The van der Waals surface area contributed by atoms with Gasteiger partial charge in [0, 0.05) is 6.54 Å². The summed E-state index contributed by atoms with van der Waals surface area (Å²) in [5.41, 5.74) is 5.20. The lowest BCUT2D eigenvalue weighted by Gasteiger charge is -2.32. The Morgan fingerprint density at radius 3 is 2.45 bits per heavy atom. The second-order valence-electron chi connectivity index (χ2n) is 6.83. The fourth-order valence-corrected chi connectivity index (χ4v) is 2.57. The van der Waals surface area contributed by atoms with Gasteiger partial charge in [0.15, 0.2) is 11.5 Å². The van der Waals surface area contributed by atoms with Crippen LogP contribution in [0.3, 0.4) is 0 Å². The van der Waals surface area contributed by atoms with E-state index in [4.69, 9.17) is 5.73 Å². The Hall–Kier alpha value is -2.36. The molecule has 1 aliphatic rings. The van der Waals surface area contributed by atoms with Crippen molar-refractivity contribution in [3.05, 3.63) is 16.2 Å². The van der Waals surface area contributed by atoms with Gasteiger partial charge in [0.05, 0.1) is 5.54 Å². The largest absolute Gasteiger partial charge is 0.383 e. The maximum absolute atomic E-state index is 12.7. The number of rotatable bonds is 1. The zero-order chi connectivity index (χ0) is 16.9. The van der Waals surface area contributed by atoms with E-state index in [1.165, 1.54) is 9.13 Å². The standard InChI is InChI=1S/C15H22N6O/c1-7-20-11(17)10-9(8-16)18-12(19-14(2,3)4)15(5,6)21(10)13(20)22/h7,17H2,1-6H3. The molecule has 2 rings (SSSR count). The fraction of sp³-hybridized carbons (Fsp3) is 0.600. The third-order valence-electron chi connectivity index (χ3n) is 3.59. The molecule has 2 heterocycles. The summed E-state index contributed by atoms with van der Waals surface area (Å²) >= 11 is 0. The SMILES string of the molecule is CCn1c(N)c2n(c1=O)C(C)(C)C(=NC(C)(C)C)N=C2C#N. The Kier molecular flexibility index (Phi) is 3.52. The quantitative estimate of drug-likeness (QED) is 0.850. The number of nitrogens with zero attached hydrogens (tertiary/aromatic N) is 5. The Bertz CT molecular complexity index is 777. The van der Waals surface area contributed by atoms with Crippen LogP contribution in [0.4, 0.5) is 5.82 Å². The van der Waals surface area contributed by atoms with Crippen molar-refractivity contribution in [1.82, 2.24) is 9.13 Å². The Morgan fingerprint density at radius 2 is 2.00 bits per heavy atom. The van der Waals surface area contributed by atoms with Crippen LogP contribution in [0.5, 0.6) is 0 Å². The fourth-order valence-electron chi connectivity index (χ4n) is 2.57. The molecule has 1 aromatic heterocycles. The van der Waals surface area contributed by atoms with Crippen molar-refractivity contribution in [2.75, 3.05) is 5.73 Å². The molecule has 7 nitrogen and oxygen atoms in total. The smallest absolute Gasteiger partial charge is 0.331 e. The molecular weight excluding hydrogens is 280 g/mol. The molecule has 2 N–H and O–H groups in total. The van der Waals surface area contributed by atoms with E-state index in [1.807, 2.05) is 47.6 Å². The van der Waals surface area contributed by atoms with E-state index in [1.54, 1.807) is 0 Å². The zero-order valence-electron chi connectivity index (χ0n) is 13.9. The number of anilines is 1. The summed E-state index contributed by atoms with van der Waals surface area (Å²) in [4.78, 5) is 21.7. The molecule has 0 radical (unpaired) electrons. The number of nitrogens with two attached hydrogens (primary N) is 1. The number of nitriles is 1. The van der Waals surface area contributed by atoms with Gasteiger partial charge in [-0.2, -0.15) is 5.26 Å². The minimum Gasteiger partial charge on any atom is -0.383 e. The van der Waals surface area contributed by atoms with Crippen LogP contribution in [0.25, 0.3) is 0 Å². The number of imidazole rings is 1. The third-order valence-corrected chi connectivity index (χ3v) is 3.59. The molecule has 7 heteroatoms. The van der Waals surface area contributed by atoms with E-state index in [2.05, 4.69) is 9.98 Å². The summed E-state index contributed by atoms with van der Waals surface area (Å²) in [7, 11) is 0. The molecule has 0 aliphatic carbocycles. The van der Waals surface area contributed by atoms with Crippen molar-refractivity contribution in [2.24, 2.45) is 9.98 Å². The summed E-state index contributed by atoms with van der Waals surface area (Å²) < 4.78 is 2.98. The maximum Gasteiger partial charge on any atom is 0.331 e. The van der Waals surface area contributed by atoms with Gasteiger partial charge in [0.2, 0.25) is 0 Å². The Morgan fingerprint density at radius 1 is 1.41 bits per heavy atom. The monoisotopic (exact) mass is 302 g/mol. The van der Waals surface area contributed by atoms with Crippen LogP contribution in [0.2, 0.25) is 0 Å². The highest BCUT2D eigenvalue weighted by atomic mass is 16.2. The van der Waals surface area contributed by atoms with E-state index in [0.717, 1.165) is 0 Å². The van der Waals surface area contributed by atoms with E-state index < -0.39 is 5.54 Å². The van der Waals surface area contributed by atoms with Crippen molar-refractivity contribution in [3.8, 4) is 6.07 Å². The van der Waals surface area contributed by atoms with E-state index in [0.29, 0.717) is 18.1 Å². The first-order valence-electron chi connectivity index (χ1n) is 7.25. The molecular formula is C15H22N6O. The van der Waals surface area contributed by atoms with Crippen LogP contribution in [0.1, 0.15) is 47.2 Å². The molecule has 0 saturated carbocycles. The molecule has 0 bridgehead atoms. The summed E-state index contributed by atoms with van der Waals surface area (Å²) in [5, 5.41) is 9.41. The van der Waals surface area contributed by atoms with Crippen LogP contribution < -0.4 is 11.4 Å². The molecule has 118 valence electrons. The normalized spacial score (nSPS) is 18.8. The van der Waals surface area contributed by atoms with Gasteiger partial charge in [-0.05, 0) is 41.5 Å². The minimum absolute atomic E-state index is 0.129. The number of aromatic nitrogens is 2. The predicted octanol–water partition coefficient (Wildman–Crippen LogP) is 1.51. The van der Waals surface area contributed by atoms with Crippen molar-refractivity contribution >= 4 is 17.4 Å². The average molecular weight is 302 g/mol. The molecule has 0 aromatic carbocycles. The summed E-state index contributed by atoms with van der Waals surface area (Å²) in [6.07, 6.45) is 0. The van der Waals surface area contributed by atoms with Gasteiger partial charge < -0.3 is 5.73 Å². The van der Waals surface area contributed by atoms with Gasteiger partial charge in [-0.3, -0.25) is 14.1 Å². The lowest BCUT2D eigenvalue weighted by molar-refractivity contribution is 0.445. The molecule has 22 heavy (non-hydrogen) atoms. The van der Waals surface area contributed by atoms with Crippen molar-refractivity contribution < 1.29 is 0 Å². The van der Waals surface area contributed by atoms with Crippen molar-refractivity contribution in [2.45, 2.75) is 59.2 Å². The van der Waals surface area contributed by atoms with Crippen LogP contribution in [-0.4, -0.2) is 26.2 Å². The van der Waals surface area contributed by atoms with Gasteiger partial charge >= 0.3 is 5.69 Å². The first-order chi connectivity index (χ1) is 10.0. The number of aliphatic imine (C=N–C) groups is 2. The lowest BCUT2D eigenvalue weighted by Crippen LogP contribution is -2.47. The predicted molar refractivity (Wildman–Crippen MR) is 87.4 cm³/mol. The Labute approximate surface area is 129 Å². The molecule has 0 saturated heterocycles. The van der Waals surface area contributed by atoms with Gasteiger partial charge in [-0.1, -0.05) is 0 Å². The van der Waals surface area contributed by atoms with E-state index in [9.17, 15) is 10.1 Å². The van der Waals surface area contributed by atoms with Crippen LogP contribution in [0, 0.1) is 11.3 Å². The second-order valence-corrected chi connectivity index (χ2v) is 6.83. The average Bonchev–Trinajstić information content (AvgIpc) is 2.64. The highest BCUT2D eigenvalue weighted by Gasteiger charge is 2.40. The summed E-state index contributed by atoms with van der Waals surface area (Å²) in [6.45, 7) is 11.8. The number of hydrogen-bond acceptors (Lipinski definition) is 4. The molecule has 0 fully saturated rings. The minimum atomic E-state index is -0.769. The zero-order valence-corrected chi connectivity index (χ0v) is 13.9. The van der Waals surface area contributed by atoms with Gasteiger partial charge in [-0.25, -0.2) is 9.79 Å². The first kappa shape index (κ1) is 16.0. The Balaban J connectivity index is 2.88. The van der Waals surface area contributed by atoms with Crippen LogP contribution in [0.15, 0.2) is 14.8 Å². The van der Waals surface area contributed by atoms with Gasteiger partial charge in [-0.15, -0.1) is 0 Å². The summed E-state index contributed by atoms with van der Waals surface area (Å²) in [6, 6.07) is 2.04. The number of amidine groups is 1. The molecule has 0 atom stereocenters. The number of nitrogen functional groups attached to an aromatic ring is 1. The highest BCUT2D eigenvalue weighted by Crippen LogP contribution is 2.29. The van der Waals surface area contributed by atoms with Crippen molar-refractivity contribution in [1.29, 1.82) is 5.26 Å². The molecule has 1 aromatic rings. The van der Waals surface area contributed by atoms with Gasteiger partial charge in [0.25, 0.3) is 0 Å². The topological polar surface area (TPSA) is 101 Å². The number of hydrogen-bond donors (Lipinski definition) is 1. The van der Waals surface area contributed by atoms with Crippen molar-refractivity contribution in [3.63, 3.8) is 0 Å². The van der Waals surface area contributed by atoms with Crippen LogP contribution in [-0.2, 0) is 12.1 Å².